The second-order valence-electron chi connectivity index (χ2n) is 14.0. The number of carbonyl (C=O) groups is 5. The van der Waals surface area contributed by atoms with Gasteiger partial charge in [-0.15, -0.1) is 0 Å². The summed E-state index contributed by atoms with van der Waals surface area (Å²) in [4.78, 5) is 64.8. The second-order valence-corrected chi connectivity index (χ2v) is 14.0. The van der Waals surface area contributed by atoms with Crippen molar-refractivity contribution in [2.45, 2.75) is 105 Å². The molecule has 3 N–H and O–H groups in total. The monoisotopic (exact) mass is 530 g/mol. The molecule has 0 amide bonds. The molecular weight excluding hydrogens is 488 g/mol. The van der Waals surface area contributed by atoms with E-state index in [1.807, 2.05) is 20.8 Å². The molecule has 0 aromatic heterocycles. The molecule has 0 saturated heterocycles. The predicted molar refractivity (Wildman–Crippen MR) is 138 cm³/mol. The first kappa shape index (κ1) is 28.8. The average Bonchev–Trinajstić information content (AvgIpc) is 2.99. The van der Waals surface area contributed by atoms with Crippen LogP contribution in [0.2, 0.25) is 0 Å². The van der Waals surface area contributed by atoms with Crippen LogP contribution < -0.4 is 0 Å². The van der Waals surface area contributed by atoms with Crippen molar-refractivity contribution < 1.29 is 39.3 Å². The number of carboxylic acids is 1. The highest BCUT2D eigenvalue weighted by atomic mass is 16.4. The Morgan fingerprint density at radius 3 is 2.26 bits per heavy atom. The fourth-order valence-electron chi connectivity index (χ4n) is 8.97. The lowest BCUT2D eigenvalue weighted by Gasteiger charge is -2.60. The zero-order valence-electron chi connectivity index (χ0n) is 23.6. The largest absolute Gasteiger partial charge is 0.481 e. The van der Waals surface area contributed by atoms with Crippen LogP contribution in [0.4, 0.5) is 0 Å². The van der Waals surface area contributed by atoms with Gasteiger partial charge in [-0.2, -0.15) is 0 Å². The Labute approximate surface area is 224 Å². The molecule has 0 heterocycles. The lowest BCUT2D eigenvalue weighted by atomic mass is 9.42. The number of carboxylic acid groups (broad SMARTS) is 1. The Kier molecular flexibility index (Phi) is 6.56. The molecule has 210 valence electrons. The Hall–Kier alpha value is -2.19. The van der Waals surface area contributed by atoms with Crippen molar-refractivity contribution in [3.63, 3.8) is 0 Å². The molecule has 0 aromatic carbocycles. The van der Waals surface area contributed by atoms with Gasteiger partial charge >= 0.3 is 5.97 Å². The maximum atomic E-state index is 14.1. The molecule has 8 atom stereocenters. The topological polar surface area (TPSA) is 146 Å². The molecule has 0 bridgehead atoms. The van der Waals surface area contributed by atoms with E-state index in [1.165, 1.54) is 13.8 Å². The number of allylic oxidation sites excluding steroid dienone is 1. The minimum atomic E-state index is -1.65. The number of Topliss-reactive ketones (excluding diaryl/α,β-unsaturated/α-hetero) is 4. The van der Waals surface area contributed by atoms with Crippen LogP contribution in [0.5, 0.6) is 0 Å². The number of aliphatic carboxylic acids is 1. The van der Waals surface area contributed by atoms with Crippen molar-refractivity contribution in [3.8, 4) is 0 Å². The summed E-state index contributed by atoms with van der Waals surface area (Å²) >= 11 is 0. The number of aliphatic hydroxyl groups excluding tert-OH is 1. The highest BCUT2D eigenvalue weighted by Crippen LogP contribution is 2.70. The maximum Gasteiger partial charge on any atom is 0.306 e. The van der Waals surface area contributed by atoms with Crippen LogP contribution >= 0.6 is 0 Å². The van der Waals surface area contributed by atoms with Crippen molar-refractivity contribution >= 4 is 29.1 Å². The van der Waals surface area contributed by atoms with E-state index in [0.717, 1.165) is 0 Å². The highest BCUT2D eigenvalue weighted by molar-refractivity contribution is 6.05. The SMILES string of the molecule is C[C@@H](CC(=O)C[C@@](C)(O)[C@H]1CC(=O)[C@@]2(C)C3=C(C(=O)C[C@]12C)[C@@]1(C)CCC(=O)C(C)(C)[C@@H]1C[C@@H]3O)C(=O)O. The smallest absolute Gasteiger partial charge is 0.306 e. The van der Waals surface area contributed by atoms with Crippen molar-refractivity contribution in [3.05, 3.63) is 11.1 Å². The Morgan fingerprint density at radius 2 is 1.68 bits per heavy atom. The number of rotatable bonds is 6. The summed E-state index contributed by atoms with van der Waals surface area (Å²) in [5.74, 6) is -3.63. The second kappa shape index (κ2) is 8.65. The highest BCUT2D eigenvalue weighted by Gasteiger charge is 2.71. The number of hydrogen-bond donors (Lipinski definition) is 3. The van der Waals surface area contributed by atoms with Gasteiger partial charge in [0, 0.05) is 54.4 Å². The lowest BCUT2D eigenvalue weighted by Crippen LogP contribution is -2.60. The van der Waals surface area contributed by atoms with Crippen LogP contribution in [0.1, 0.15) is 93.4 Å². The molecule has 0 aliphatic heterocycles. The molecule has 8 heteroatoms. The van der Waals surface area contributed by atoms with E-state index in [4.69, 9.17) is 0 Å². The van der Waals surface area contributed by atoms with Gasteiger partial charge in [-0.25, -0.2) is 0 Å². The van der Waals surface area contributed by atoms with Gasteiger partial charge in [0.1, 0.15) is 17.3 Å². The lowest BCUT2D eigenvalue weighted by molar-refractivity contribution is -0.150. The van der Waals surface area contributed by atoms with Crippen LogP contribution in [0.15, 0.2) is 11.1 Å². The molecule has 4 aliphatic rings. The van der Waals surface area contributed by atoms with E-state index in [9.17, 15) is 39.3 Å². The molecule has 38 heavy (non-hydrogen) atoms. The summed E-state index contributed by atoms with van der Waals surface area (Å²) in [6.07, 6.45) is -0.624. The first-order chi connectivity index (χ1) is 17.2. The van der Waals surface area contributed by atoms with Gasteiger partial charge in [0.25, 0.3) is 0 Å². The number of hydrogen-bond acceptors (Lipinski definition) is 7. The summed E-state index contributed by atoms with van der Waals surface area (Å²) in [6.45, 7) is 12.2. The van der Waals surface area contributed by atoms with Gasteiger partial charge in [-0.05, 0) is 43.6 Å². The van der Waals surface area contributed by atoms with Crippen molar-refractivity contribution in [1.29, 1.82) is 0 Å². The molecule has 0 unspecified atom stereocenters. The molecule has 4 rings (SSSR count). The van der Waals surface area contributed by atoms with Crippen molar-refractivity contribution in [1.82, 2.24) is 0 Å². The van der Waals surface area contributed by atoms with Crippen LogP contribution in [0.25, 0.3) is 0 Å². The number of carbonyl (C=O) groups excluding carboxylic acids is 4. The van der Waals surface area contributed by atoms with Gasteiger partial charge in [0.15, 0.2) is 5.78 Å². The zero-order valence-corrected chi connectivity index (χ0v) is 23.6. The fourth-order valence-corrected chi connectivity index (χ4v) is 8.97. The van der Waals surface area contributed by atoms with Gasteiger partial charge in [-0.3, -0.25) is 24.0 Å². The first-order valence-corrected chi connectivity index (χ1v) is 13.7. The van der Waals surface area contributed by atoms with Crippen LogP contribution in [0, 0.1) is 39.4 Å². The van der Waals surface area contributed by atoms with Gasteiger partial charge in [-0.1, -0.05) is 34.6 Å². The van der Waals surface area contributed by atoms with E-state index in [-0.39, 0.29) is 55.4 Å². The number of aliphatic hydroxyl groups is 2. The third kappa shape index (κ3) is 3.73. The minimum absolute atomic E-state index is 0.0159. The molecular formula is C30H42O8. The van der Waals surface area contributed by atoms with E-state index in [1.54, 1.807) is 13.8 Å². The zero-order chi connectivity index (χ0) is 28.8. The average molecular weight is 531 g/mol. The van der Waals surface area contributed by atoms with E-state index in [0.29, 0.717) is 24.0 Å². The van der Waals surface area contributed by atoms with E-state index < -0.39 is 57.0 Å². The normalized spacial score (nSPS) is 40.7. The molecule has 0 radical (unpaired) electrons. The maximum absolute atomic E-state index is 14.1. The molecule has 4 aliphatic carbocycles. The van der Waals surface area contributed by atoms with Crippen molar-refractivity contribution in [2.75, 3.05) is 0 Å². The standard InChI is InChI=1S/C30H42O8/c1-15(25(36)37)10-16(31)13-29(6,38)20-12-22(35)30(7)24-17(32)11-19-26(2,3)21(34)8-9-27(19,4)23(24)18(33)14-28(20,30)5/h15,17,19-20,32,38H,8-14H2,1-7H3,(H,36,37)/t15-,17-,19-,20-,27-,28+,29+,30-/m0/s1. The Morgan fingerprint density at radius 1 is 1.08 bits per heavy atom. The summed E-state index contributed by atoms with van der Waals surface area (Å²) in [7, 11) is 0. The summed E-state index contributed by atoms with van der Waals surface area (Å²) in [6, 6.07) is 0. The quantitative estimate of drug-likeness (QED) is 0.473. The van der Waals surface area contributed by atoms with Crippen LogP contribution in [0.3, 0.4) is 0 Å². The van der Waals surface area contributed by atoms with E-state index >= 15 is 0 Å². The molecule has 2 saturated carbocycles. The summed E-state index contributed by atoms with van der Waals surface area (Å²) in [5.41, 5.74) is -4.36. The van der Waals surface area contributed by atoms with Crippen LogP contribution in [-0.4, -0.2) is 56.1 Å². The molecule has 0 spiro atoms. The van der Waals surface area contributed by atoms with Gasteiger partial charge in [0.2, 0.25) is 0 Å². The van der Waals surface area contributed by atoms with E-state index in [2.05, 4.69) is 0 Å². The fraction of sp³-hybridized carbons (Fsp3) is 0.767. The number of ketones is 4. The third-order valence-corrected chi connectivity index (χ3v) is 11.3. The first-order valence-electron chi connectivity index (χ1n) is 13.7. The Balaban J connectivity index is 1.79. The molecule has 2 fully saturated rings. The summed E-state index contributed by atoms with van der Waals surface area (Å²) < 4.78 is 0. The van der Waals surface area contributed by atoms with Crippen molar-refractivity contribution in [2.24, 2.45) is 39.4 Å². The van der Waals surface area contributed by atoms with Gasteiger partial charge < -0.3 is 15.3 Å². The predicted octanol–water partition coefficient (Wildman–Crippen LogP) is 3.45. The van der Waals surface area contributed by atoms with Crippen LogP contribution in [-0.2, 0) is 24.0 Å². The van der Waals surface area contributed by atoms with Gasteiger partial charge in [0.05, 0.1) is 23.0 Å². The minimum Gasteiger partial charge on any atom is -0.481 e. The molecule has 8 nitrogen and oxygen atoms in total. The molecule has 0 aromatic rings. The number of fused-ring (bicyclic) bond motifs is 4. The third-order valence-electron chi connectivity index (χ3n) is 11.3. The Bertz CT molecular complexity index is 1160. The summed E-state index contributed by atoms with van der Waals surface area (Å²) in [5, 5.41) is 32.4.